The molecule has 0 bridgehead atoms. The Labute approximate surface area is 181 Å². The van der Waals surface area contributed by atoms with Gasteiger partial charge < -0.3 is 20.1 Å². The summed E-state index contributed by atoms with van der Waals surface area (Å²) in [5.41, 5.74) is 4.11. The van der Waals surface area contributed by atoms with E-state index >= 15 is 0 Å². The first-order chi connectivity index (χ1) is 15.1. The van der Waals surface area contributed by atoms with Gasteiger partial charge in [0.05, 0.1) is 17.1 Å². The lowest BCUT2D eigenvalue weighted by molar-refractivity contribution is 0.0317. The van der Waals surface area contributed by atoms with Gasteiger partial charge in [-0.05, 0) is 72.9 Å². The van der Waals surface area contributed by atoms with Crippen molar-refractivity contribution < 1.29 is 5.11 Å². The molecule has 2 aromatic heterocycles. The summed E-state index contributed by atoms with van der Waals surface area (Å²) in [5, 5.41) is 11.7. The highest BCUT2D eigenvalue weighted by atomic mass is 16.3. The van der Waals surface area contributed by atoms with E-state index in [0.717, 1.165) is 48.0 Å². The highest BCUT2D eigenvalue weighted by molar-refractivity contribution is 5.75. The molecule has 0 aliphatic heterocycles. The molecule has 5 heteroatoms. The van der Waals surface area contributed by atoms with Crippen LogP contribution in [0.5, 0.6) is 0 Å². The summed E-state index contributed by atoms with van der Waals surface area (Å²) >= 11 is 0. The second-order valence-electron chi connectivity index (χ2n) is 9.11. The molecule has 0 amide bonds. The molecular formula is C26H29N3O2. The monoisotopic (exact) mass is 415 g/mol. The molecular weight excluding hydrogens is 386 g/mol. The summed E-state index contributed by atoms with van der Waals surface area (Å²) in [6, 6.07) is 20.6. The fourth-order valence-electron chi connectivity index (χ4n) is 5.57. The molecule has 5 nitrogen and oxygen atoms in total. The zero-order chi connectivity index (χ0) is 21.4. The van der Waals surface area contributed by atoms with Crippen LogP contribution in [0.15, 0.2) is 71.7 Å². The van der Waals surface area contributed by atoms with Gasteiger partial charge in [-0.3, -0.25) is 0 Å². The lowest BCUT2D eigenvalue weighted by Crippen LogP contribution is -2.40. The second-order valence-corrected chi connectivity index (χ2v) is 9.11. The fraction of sp³-hybridized carbons (Fsp3) is 0.346. The van der Waals surface area contributed by atoms with Gasteiger partial charge >= 0.3 is 5.69 Å². The Morgan fingerprint density at radius 2 is 1.68 bits per heavy atom. The van der Waals surface area contributed by atoms with Gasteiger partial charge in [0.2, 0.25) is 0 Å². The number of hydrogen-bond donors (Lipinski definition) is 4. The first-order valence-corrected chi connectivity index (χ1v) is 11.1. The molecule has 4 N–H and O–H groups in total. The van der Waals surface area contributed by atoms with E-state index in [4.69, 9.17) is 0 Å². The molecule has 1 fully saturated rings. The molecule has 2 unspecified atom stereocenters. The van der Waals surface area contributed by atoms with E-state index in [1.807, 2.05) is 30.5 Å². The summed E-state index contributed by atoms with van der Waals surface area (Å²) in [5.74, 6) is 0.936. The van der Waals surface area contributed by atoms with Crippen molar-refractivity contribution >= 4 is 11.0 Å². The van der Waals surface area contributed by atoms with E-state index in [-0.39, 0.29) is 5.69 Å². The van der Waals surface area contributed by atoms with Crippen LogP contribution in [0.1, 0.15) is 61.4 Å². The minimum atomic E-state index is -0.688. The van der Waals surface area contributed by atoms with Crippen molar-refractivity contribution in [3.63, 3.8) is 0 Å². The Hall–Kier alpha value is -3.05. The van der Waals surface area contributed by atoms with Crippen LogP contribution in [-0.4, -0.2) is 20.1 Å². The minimum absolute atomic E-state index is 0.229. The molecule has 1 saturated carbocycles. The molecule has 5 rings (SSSR count). The third-order valence-corrected chi connectivity index (χ3v) is 7.45. The molecule has 2 aromatic carbocycles. The molecule has 1 aliphatic carbocycles. The zero-order valence-electron chi connectivity index (χ0n) is 17.8. The number of aliphatic hydroxyl groups excluding tert-OH is 1. The Balaban J connectivity index is 1.46. The van der Waals surface area contributed by atoms with Crippen molar-refractivity contribution in [3.8, 4) is 0 Å². The Kier molecular flexibility index (Phi) is 5.06. The van der Waals surface area contributed by atoms with E-state index in [1.54, 1.807) is 0 Å². The van der Waals surface area contributed by atoms with Gasteiger partial charge in [-0.1, -0.05) is 43.3 Å². The molecule has 160 valence electrons. The number of aliphatic hydroxyl groups is 1. The van der Waals surface area contributed by atoms with Gasteiger partial charge in [0.15, 0.2) is 0 Å². The molecule has 0 radical (unpaired) electrons. The summed E-state index contributed by atoms with van der Waals surface area (Å²) < 4.78 is 0. The Morgan fingerprint density at radius 1 is 0.935 bits per heavy atom. The van der Waals surface area contributed by atoms with E-state index in [9.17, 15) is 9.90 Å². The average molecular weight is 416 g/mol. The Morgan fingerprint density at radius 3 is 2.39 bits per heavy atom. The quantitative estimate of drug-likeness (QED) is 0.363. The van der Waals surface area contributed by atoms with Gasteiger partial charge in [-0.2, -0.15) is 0 Å². The fourth-order valence-corrected chi connectivity index (χ4v) is 5.57. The number of imidazole rings is 1. The number of H-pyrrole nitrogens is 3. The standard InChI is InChI=1S/C26H29N3O2/c1-26(23-8-5-15-27-23,20-12-9-18(10-13-20)17-6-3-2-4-7-17)24(30)19-11-14-21-22(16-19)29-25(31)28-21/h2-8,11,14-16,18,20,24,27,30H,9-10,12-13H2,1H3,(H2,28,29,31). The van der Waals surface area contributed by atoms with Crippen molar-refractivity contribution in [3.05, 3.63) is 94.2 Å². The summed E-state index contributed by atoms with van der Waals surface area (Å²) in [6.07, 6.45) is 5.63. The van der Waals surface area contributed by atoms with Crippen LogP contribution < -0.4 is 5.69 Å². The predicted molar refractivity (Wildman–Crippen MR) is 123 cm³/mol. The first-order valence-electron chi connectivity index (χ1n) is 11.1. The number of aromatic nitrogens is 3. The predicted octanol–water partition coefficient (Wildman–Crippen LogP) is 5.15. The third kappa shape index (κ3) is 3.53. The maximum Gasteiger partial charge on any atom is 0.323 e. The highest BCUT2D eigenvalue weighted by Crippen LogP contribution is 2.50. The SMILES string of the molecule is CC(c1ccc[nH]1)(C1CCC(c2ccccc2)CC1)C(O)c1ccc2[nH]c(=O)[nH]c2c1. The number of nitrogens with one attached hydrogen (secondary N) is 3. The van der Waals surface area contributed by atoms with E-state index in [1.165, 1.54) is 5.56 Å². The van der Waals surface area contributed by atoms with Gasteiger partial charge in [0, 0.05) is 17.3 Å². The van der Waals surface area contributed by atoms with Crippen molar-refractivity contribution in [1.29, 1.82) is 0 Å². The number of benzene rings is 2. The molecule has 1 aliphatic rings. The van der Waals surface area contributed by atoms with Crippen molar-refractivity contribution in [2.24, 2.45) is 5.92 Å². The van der Waals surface area contributed by atoms with Gasteiger partial charge in [-0.25, -0.2) is 4.79 Å². The number of hydrogen-bond acceptors (Lipinski definition) is 2. The Bertz CT molecular complexity index is 1200. The van der Waals surface area contributed by atoms with E-state index < -0.39 is 11.5 Å². The summed E-state index contributed by atoms with van der Waals surface area (Å²) in [6.45, 7) is 2.18. The molecule has 2 atom stereocenters. The zero-order valence-corrected chi connectivity index (χ0v) is 17.8. The van der Waals surface area contributed by atoms with Gasteiger partial charge in [0.1, 0.15) is 0 Å². The maximum absolute atomic E-state index is 11.7. The van der Waals surface area contributed by atoms with Gasteiger partial charge in [-0.15, -0.1) is 0 Å². The first kappa shape index (κ1) is 19.9. The smallest absolute Gasteiger partial charge is 0.323 e. The summed E-state index contributed by atoms with van der Waals surface area (Å²) in [4.78, 5) is 20.6. The highest BCUT2D eigenvalue weighted by Gasteiger charge is 2.45. The number of fused-ring (bicyclic) bond motifs is 1. The molecule has 0 saturated heterocycles. The number of rotatable bonds is 5. The molecule has 31 heavy (non-hydrogen) atoms. The summed E-state index contributed by atoms with van der Waals surface area (Å²) in [7, 11) is 0. The van der Waals surface area contributed by atoms with Crippen LogP contribution in [0.25, 0.3) is 11.0 Å². The van der Waals surface area contributed by atoms with E-state index in [2.05, 4.69) is 58.3 Å². The van der Waals surface area contributed by atoms with Crippen LogP contribution in [-0.2, 0) is 5.41 Å². The van der Waals surface area contributed by atoms with Crippen LogP contribution >= 0.6 is 0 Å². The van der Waals surface area contributed by atoms with E-state index in [0.29, 0.717) is 11.8 Å². The molecule has 0 spiro atoms. The van der Waals surface area contributed by atoms with Crippen LogP contribution in [0.4, 0.5) is 0 Å². The molecule has 2 heterocycles. The third-order valence-electron chi connectivity index (χ3n) is 7.45. The lowest BCUT2D eigenvalue weighted by atomic mass is 9.62. The van der Waals surface area contributed by atoms with Crippen molar-refractivity contribution in [2.75, 3.05) is 0 Å². The number of aromatic amines is 3. The van der Waals surface area contributed by atoms with Crippen LogP contribution in [0, 0.1) is 5.92 Å². The minimum Gasteiger partial charge on any atom is -0.387 e. The average Bonchev–Trinajstić information content (AvgIpc) is 3.47. The largest absolute Gasteiger partial charge is 0.387 e. The van der Waals surface area contributed by atoms with Crippen LogP contribution in [0.3, 0.4) is 0 Å². The topological polar surface area (TPSA) is 84.7 Å². The lowest BCUT2D eigenvalue weighted by Gasteiger charge is -2.44. The normalized spacial score (nSPS) is 22.3. The second kappa shape index (κ2) is 7.89. The van der Waals surface area contributed by atoms with Gasteiger partial charge in [0.25, 0.3) is 0 Å². The van der Waals surface area contributed by atoms with Crippen LogP contribution in [0.2, 0.25) is 0 Å². The van der Waals surface area contributed by atoms with Crippen molar-refractivity contribution in [1.82, 2.24) is 15.0 Å². The maximum atomic E-state index is 11.7. The van der Waals surface area contributed by atoms with Crippen molar-refractivity contribution in [2.45, 2.75) is 50.0 Å². The molecule has 4 aromatic rings.